The monoisotopic (exact) mass is 313 g/mol. The Labute approximate surface area is 124 Å². The van der Waals surface area contributed by atoms with Gasteiger partial charge in [0.15, 0.2) is 0 Å². The maximum atomic E-state index is 13.4. The van der Waals surface area contributed by atoms with E-state index in [0.717, 1.165) is 18.2 Å². The summed E-state index contributed by atoms with van der Waals surface area (Å²) in [6, 6.07) is 2.93. The fourth-order valence-corrected chi connectivity index (χ4v) is 1.42. The highest BCUT2D eigenvalue weighted by molar-refractivity contribution is 6.65. The van der Waals surface area contributed by atoms with Crippen molar-refractivity contribution in [3.63, 3.8) is 0 Å². The zero-order chi connectivity index (χ0) is 16.7. The summed E-state index contributed by atoms with van der Waals surface area (Å²) in [4.78, 5) is 23.1. The lowest BCUT2D eigenvalue weighted by atomic mass is 10.2. The lowest BCUT2D eigenvalue weighted by molar-refractivity contribution is -0.134. The first-order valence-electron chi connectivity index (χ1n) is 6.10. The van der Waals surface area contributed by atoms with E-state index in [9.17, 15) is 18.4 Å². The molecule has 1 amide bonds. The minimum atomic E-state index is -1.16. The molecule has 2 N–H and O–H groups in total. The molecule has 0 saturated heterocycles. The SMILES string of the molecule is CCOC(=O)C(=N\O)/C(C)=N/NC(=O)c1c(F)cccc1F. The highest BCUT2D eigenvalue weighted by Crippen LogP contribution is 2.11. The van der Waals surface area contributed by atoms with E-state index >= 15 is 0 Å². The van der Waals surface area contributed by atoms with Gasteiger partial charge in [-0.3, -0.25) is 4.79 Å². The van der Waals surface area contributed by atoms with Crippen molar-refractivity contribution in [2.75, 3.05) is 6.61 Å². The van der Waals surface area contributed by atoms with Gasteiger partial charge < -0.3 is 9.94 Å². The molecule has 0 atom stereocenters. The number of rotatable bonds is 5. The van der Waals surface area contributed by atoms with Gasteiger partial charge in [0, 0.05) is 0 Å². The highest BCUT2D eigenvalue weighted by Gasteiger charge is 2.19. The molecule has 22 heavy (non-hydrogen) atoms. The van der Waals surface area contributed by atoms with Crippen LogP contribution >= 0.6 is 0 Å². The zero-order valence-electron chi connectivity index (χ0n) is 11.8. The predicted octanol–water partition coefficient (Wildman–Crippen LogP) is 1.46. The highest BCUT2D eigenvalue weighted by atomic mass is 19.1. The number of benzene rings is 1. The number of oxime groups is 1. The first-order valence-corrected chi connectivity index (χ1v) is 6.10. The third-order valence-corrected chi connectivity index (χ3v) is 2.43. The van der Waals surface area contributed by atoms with Crippen LogP contribution in [0.15, 0.2) is 28.5 Å². The van der Waals surface area contributed by atoms with Crippen molar-refractivity contribution in [2.24, 2.45) is 10.3 Å². The van der Waals surface area contributed by atoms with Crippen LogP contribution in [0.1, 0.15) is 24.2 Å². The second-order valence-electron chi connectivity index (χ2n) is 3.90. The van der Waals surface area contributed by atoms with Crippen LogP contribution in [-0.4, -0.2) is 35.1 Å². The van der Waals surface area contributed by atoms with E-state index < -0.39 is 34.8 Å². The number of hydrogen-bond donors (Lipinski definition) is 2. The van der Waals surface area contributed by atoms with Crippen molar-refractivity contribution in [3.05, 3.63) is 35.4 Å². The fourth-order valence-electron chi connectivity index (χ4n) is 1.42. The molecule has 1 aromatic rings. The normalized spacial score (nSPS) is 12.0. The third kappa shape index (κ3) is 4.08. The van der Waals surface area contributed by atoms with Crippen LogP contribution in [0.4, 0.5) is 8.78 Å². The van der Waals surface area contributed by atoms with Crippen molar-refractivity contribution < 1.29 is 28.3 Å². The number of carbonyl (C=O) groups excluding carboxylic acids is 2. The summed E-state index contributed by atoms with van der Waals surface area (Å²) >= 11 is 0. The van der Waals surface area contributed by atoms with E-state index in [1.165, 1.54) is 6.92 Å². The van der Waals surface area contributed by atoms with E-state index in [-0.39, 0.29) is 12.3 Å². The molecule has 1 rings (SSSR count). The zero-order valence-corrected chi connectivity index (χ0v) is 11.8. The van der Waals surface area contributed by atoms with Crippen LogP contribution in [0.25, 0.3) is 0 Å². The summed E-state index contributed by atoms with van der Waals surface area (Å²) in [5.41, 5.74) is 0.292. The van der Waals surface area contributed by atoms with E-state index in [1.54, 1.807) is 6.92 Å². The van der Waals surface area contributed by atoms with E-state index in [0.29, 0.717) is 0 Å². The molecule has 0 unspecified atom stereocenters. The van der Waals surface area contributed by atoms with Gasteiger partial charge >= 0.3 is 5.97 Å². The van der Waals surface area contributed by atoms with Crippen molar-refractivity contribution in [2.45, 2.75) is 13.8 Å². The van der Waals surface area contributed by atoms with Crippen molar-refractivity contribution in [1.29, 1.82) is 0 Å². The number of amides is 1. The van der Waals surface area contributed by atoms with Gasteiger partial charge in [0.05, 0.1) is 12.3 Å². The van der Waals surface area contributed by atoms with Crippen molar-refractivity contribution in [1.82, 2.24) is 5.43 Å². The summed E-state index contributed by atoms with van der Waals surface area (Å²) < 4.78 is 31.4. The predicted molar refractivity (Wildman–Crippen MR) is 72.8 cm³/mol. The fraction of sp³-hybridized carbons (Fsp3) is 0.231. The number of hydrazone groups is 1. The second-order valence-corrected chi connectivity index (χ2v) is 3.90. The Morgan fingerprint density at radius 2 is 1.91 bits per heavy atom. The van der Waals surface area contributed by atoms with Crippen LogP contribution in [0, 0.1) is 11.6 Å². The second kappa shape index (κ2) is 7.81. The molecule has 0 aliphatic rings. The molecule has 0 aliphatic carbocycles. The number of halogens is 2. The van der Waals surface area contributed by atoms with Gasteiger partial charge in [-0.2, -0.15) is 5.10 Å². The third-order valence-electron chi connectivity index (χ3n) is 2.43. The van der Waals surface area contributed by atoms with Crippen LogP contribution in [-0.2, 0) is 9.53 Å². The van der Waals surface area contributed by atoms with E-state index in [4.69, 9.17) is 5.21 Å². The number of carbonyl (C=O) groups is 2. The van der Waals surface area contributed by atoms with Crippen LogP contribution in [0.3, 0.4) is 0 Å². The Morgan fingerprint density at radius 3 is 2.41 bits per heavy atom. The largest absolute Gasteiger partial charge is 0.461 e. The van der Waals surface area contributed by atoms with Gasteiger partial charge in [0.1, 0.15) is 17.2 Å². The van der Waals surface area contributed by atoms with Crippen molar-refractivity contribution in [3.8, 4) is 0 Å². The molecule has 0 heterocycles. The number of nitrogens with one attached hydrogen (secondary N) is 1. The molecule has 0 aliphatic heterocycles. The molecular formula is C13H13F2N3O4. The number of hydrogen-bond acceptors (Lipinski definition) is 6. The Bertz CT molecular complexity index is 624. The van der Waals surface area contributed by atoms with Gasteiger partial charge in [-0.1, -0.05) is 11.2 Å². The smallest absolute Gasteiger partial charge is 0.362 e. The van der Waals surface area contributed by atoms with Gasteiger partial charge in [0.2, 0.25) is 5.71 Å². The number of nitrogens with zero attached hydrogens (tertiary/aromatic N) is 2. The van der Waals surface area contributed by atoms with E-state index in [2.05, 4.69) is 15.0 Å². The molecule has 0 saturated carbocycles. The summed E-state index contributed by atoms with van der Waals surface area (Å²) in [6.07, 6.45) is 0. The molecule has 118 valence electrons. The van der Waals surface area contributed by atoms with Crippen molar-refractivity contribution >= 4 is 23.3 Å². The molecule has 7 nitrogen and oxygen atoms in total. The molecule has 0 spiro atoms. The van der Waals surface area contributed by atoms with Crippen LogP contribution in [0.5, 0.6) is 0 Å². The molecule has 0 radical (unpaired) electrons. The molecule has 9 heteroatoms. The van der Waals surface area contributed by atoms with Gasteiger partial charge in [-0.05, 0) is 26.0 Å². The number of ether oxygens (including phenoxy) is 1. The summed E-state index contributed by atoms with van der Waals surface area (Å²) in [5.74, 6) is -4.24. The minimum absolute atomic E-state index is 0.0396. The minimum Gasteiger partial charge on any atom is -0.461 e. The summed E-state index contributed by atoms with van der Waals surface area (Å²) in [5, 5.41) is 14.9. The quantitative estimate of drug-likeness (QED) is 0.372. The van der Waals surface area contributed by atoms with Gasteiger partial charge in [0.25, 0.3) is 5.91 Å². The van der Waals surface area contributed by atoms with Crippen LogP contribution in [0.2, 0.25) is 0 Å². The topological polar surface area (TPSA) is 100 Å². The Kier molecular flexibility index (Phi) is 6.11. The Balaban J connectivity index is 2.91. The Morgan fingerprint density at radius 1 is 1.32 bits per heavy atom. The molecule has 0 fully saturated rings. The average molecular weight is 313 g/mol. The average Bonchev–Trinajstić information content (AvgIpc) is 2.46. The maximum absolute atomic E-state index is 13.4. The van der Waals surface area contributed by atoms with E-state index in [1.807, 2.05) is 5.43 Å². The summed E-state index contributed by atoms with van der Waals surface area (Å²) in [7, 11) is 0. The first kappa shape index (κ1) is 17.2. The number of esters is 1. The standard InChI is InChI=1S/C13H13F2N3O4/c1-3-22-13(20)11(18-21)7(2)16-17-12(19)10-8(14)5-4-6-9(10)15/h4-6,21H,3H2,1-2H3,(H,17,19)/b16-7+,18-11-. The molecular weight excluding hydrogens is 300 g/mol. The summed E-state index contributed by atoms with van der Waals surface area (Å²) in [6.45, 7) is 2.82. The van der Waals surface area contributed by atoms with Gasteiger partial charge in [-0.25, -0.2) is 19.0 Å². The lowest BCUT2D eigenvalue weighted by Crippen LogP contribution is -2.28. The lowest BCUT2D eigenvalue weighted by Gasteiger charge is -2.05. The maximum Gasteiger partial charge on any atom is 0.362 e. The molecule has 0 aromatic heterocycles. The molecule has 1 aromatic carbocycles. The first-order chi connectivity index (χ1) is 10.4. The van der Waals surface area contributed by atoms with Gasteiger partial charge in [-0.15, -0.1) is 0 Å². The Hall–Kier alpha value is -2.84. The molecule has 0 bridgehead atoms. The van der Waals surface area contributed by atoms with Crippen LogP contribution < -0.4 is 5.43 Å².